The van der Waals surface area contributed by atoms with Gasteiger partial charge in [0.2, 0.25) is 5.91 Å². The molecule has 0 bridgehead atoms. The highest BCUT2D eigenvalue weighted by atomic mass is 32.1. The monoisotopic (exact) mass is 267 g/mol. The first-order valence-electron chi connectivity index (χ1n) is 5.44. The number of carbonyl (C=O) groups excluding carboxylic acids is 3. The van der Waals surface area contributed by atoms with Gasteiger partial charge in [-0.25, -0.2) is 4.79 Å². The Kier molecular flexibility index (Phi) is 3.61. The van der Waals surface area contributed by atoms with Crippen LogP contribution in [0.15, 0.2) is 17.5 Å². The molecule has 0 spiro atoms. The average molecular weight is 267 g/mol. The molecule has 2 rings (SSSR count). The van der Waals surface area contributed by atoms with Crippen LogP contribution in [0.3, 0.4) is 0 Å². The zero-order valence-corrected chi connectivity index (χ0v) is 10.6. The van der Waals surface area contributed by atoms with Gasteiger partial charge in [-0.3, -0.25) is 14.9 Å². The largest absolute Gasteiger partial charge is 0.341 e. The van der Waals surface area contributed by atoms with Gasteiger partial charge in [-0.1, -0.05) is 6.07 Å². The van der Waals surface area contributed by atoms with Gasteiger partial charge >= 0.3 is 6.03 Å². The first kappa shape index (κ1) is 12.6. The van der Waals surface area contributed by atoms with Crippen molar-refractivity contribution < 1.29 is 14.4 Å². The van der Waals surface area contributed by atoms with Gasteiger partial charge < -0.3 is 10.2 Å². The molecule has 1 aromatic rings. The second-order valence-electron chi connectivity index (χ2n) is 4.05. The third-order valence-electron chi connectivity index (χ3n) is 2.64. The van der Waals surface area contributed by atoms with Crippen molar-refractivity contribution in [3.8, 4) is 0 Å². The maximum absolute atomic E-state index is 11.9. The van der Waals surface area contributed by atoms with Gasteiger partial charge in [0.15, 0.2) is 0 Å². The highest BCUT2D eigenvalue weighted by molar-refractivity contribution is 7.09. The van der Waals surface area contributed by atoms with Crippen LogP contribution >= 0.6 is 11.3 Å². The van der Waals surface area contributed by atoms with E-state index in [2.05, 4.69) is 10.6 Å². The van der Waals surface area contributed by atoms with Crippen LogP contribution in [0.1, 0.15) is 11.3 Å². The van der Waals surface area contributed by atoms with E-state index < -0.39 is 18.0 Å². The Balaban J connectivity index is 1.88. The summed E-state index contributed by atoms with van der Waals surface area (Å²) in [5.41, 5.74) is 0. The standard InChI is InChI=1S/C11H13N3O3S/c1-14(6-7-3-2-4-18-7)9(15)5-8-10(16)13-11(17)12-8/h2-4,8H,5-6H2,1H3,(H2,12,13,16,17)/t8-/m0/s1. The molecule has 2 N–H and O–H groups in total. The van der Waals surface area contributed by atoms with E-state index >= 15 is 0 Å². The molecule has 2 heterocycles. The van der Waals surface area contributed by atoms with Crippen molar-refractivity contribution in [2.75, 3.05) is 7.05 Å². The number of amides is 4. The van der Waals surface area contributed by atoms with E-state index in [0.717, 1.165) is 4.88 Å². The quantitative estimate of drug-likeness (QED) is 0.770. The molecule has 0 radical (unpaired) electrons. The van der Waals surface area contributed by atoms with Crippen molar-refractivity contribution in [3.63, 3.8) is 0 Å². The molecule has 0 saturated carbocycles. The molecule has 0 aliphatic carbocycles. The second kappa shape index (κ2) is 5.18. The molecular weight excluding hydrogens is 254 g/mol. The molecule has 1 aromatic heterocycles. The number of nitrogens with zero attached hydrogens (tertiary/aromatic N) is 1. The number of rotatable bonds is 4. The first-order chi connectivity index (χ1) is 8.56. The maximum Gasteiger partial charge on any atom is 0.322 e. The number of carbonyl (C=O) groups is 3. The Morgan fingerprint density at radius 1 is 1.50 bits per heavy atom. The third-order valence-corrected chi connectivity index (χ3v) is 3.50. The van der Waals surface area contributed by atoms with E-state index in [1.54, 1.807) is 23.3 Å². The van der Waals surface area contributed by atoms with Gasteiger partial charge in [-0.15, -0.1) is 11.3 Å². The Labute approximate surface area is 108 Å². The summed E-state index contributed by atoms with van der Waals surface area (Å²) in [5.74, 6) is -0.622. The minimum absolute atomic E-state index is 0.0144. The van der Waals surface area contributed by atoms with Crippen molar-refractivity contribution in [1.29, 1.82) is 0 Å². The SMILES string of the molecule is CN(Cc1cccs1)C(=O)C[C@@H]1NC(=O)NC1=O. The molecule has 4 amide bonds. The number of imide groups is 1. The van der Waals surface area contributed by atoms with E-state index in [1.165, 1.54) is 0 Å². The fraction of sp³-hybridized carbons (Fsp3) is 0.364. The summed E-state index contributed by atoms with van der Waals surface area (Å²) in [6.45, 7) is 0.513. The summed E-state index contributed by atoms with van der Waals surface area (Å²) < 4.78 is 0. The summed E-state index contributed by atoms with van der Waals surface area (Å²) >= 11 is 1.57. The Hall–Kier alpha value is -1.89. The highest BCUT2D eigenvalue weighted by Crippen LogP contribution is 2.12. The predicted molar refractivity (Wildman–Crippen MR) is 65.9 cm³/mol. The van der Waals surface area contributed by atoms with Crippen LogP contribution in [-0.4, -0.2) is 35.8 Å². The Bertz CT molecular complexity index is 472. The van der Waals surface area contributed by atoms with Crippen molar-refractivity contribution in [2.45, 2.75) is 19.0 Å². The fourth-order valence-corrected chi connectivity index (χ4v) is 2.41. The zero-order valence-electron chi connectivity index (χ0n) is 9.80. The van der Waals surface area contributed by atoms with Crippen LogP contribution in [0.25, 0.3) is 0 Å². The molecule has 96 valence electrons. The second-order valence-corrected chi connectivity index (χ2v) is 5.08. The molecule has 1 fully saturated rings. The minimum atomic E-state index is -0.754. The minimum Gasteiger partial charge on any atom is -0.341 e. The number of hydrogen-bond acceptors (Lipinski definition) is 4. The molecule has 1 aliphatic rings. The molecule has 6 nitrogen and oxygen atoms in total. The van der Waals surface area contributed by atoms with Crippen LogP contribution in [0.5, 0.6) is 0 Å². The van der Waals surface area contributed by atoms with Gasteiger partial charge in [-0.05, 0) is 11.4 Å². The number of nitrogens with one attached hydrogen (secondary N) is 2. The zero-order chi connectivity index (χ0) is 13.1. The van der Waals surface area contributed by atoms with Gasteiger partial charge in [0.1, 0.15) is 6.04 Å². The van der Waals surface area contributed by atoms with Gasteiger partial charge in [-0.2, -0.15) is 0 Å². The normalized spacial score (nSPS) is 18.4. The van der Waals surface area contributed by atoms with Crippen molar-refractivity contribution in [1.82, 2.24) is 15.5 Å². The lowest BCUT2D eigenvalue weighted by Gasteiger charge is -2.17. The summed E-state index contributed by atoms with van der Waals surface area (Å²) in [6, 6.07) is 2.57. The maximum atomic E-state index is 11.9. The lowest BCUT2D eigenvalue weighted by atomic mass is 10.2. The Morgan fingerprint density at radius 2 is 2.28 bits per heavy atom. The lowest BCUT2D eigenvalue weighted by molar-refractivity contribution is -0.133. The molecule has 1 saturated heterocycles. The topological polar surface area (TPSA) is 78.5 Å². The van der Waals surface area contributed by atoms with E-state index in [1.807, 2.05) is 17.5 Å². The number of thiophene rings is 1. The van der Waals surface area contributed by atoms with Gasteiger partial charge in [0, 0.05) is 11.9 Å². The fourth-order valence-electron chi connectivity index (χ4n) is 1.66. The molecule has 7 heteroatoms. The van der Waals surface area contributed by atoms with Crippen molar-refractivity contribution >= 4 is 29.2 Å². The highest BCUT2D eigenvalue weighted by Gasteiger charge is 2.32. The van der Waals surface area contributed by atoms with Gasteiger partial charge in [0.25, 0.3) is 5.91 Å². The Morgan fingerprint density at radius 3 is 2.83 bits per heavy atom. The summed E-state index contributed by atoms with van der Waals surface area (Å²) in [4.78, 5) is 36.7. The van der Waals surface area contributed by atoms with Crippen molar-refractivity contribution in [2.24, 2.45) is 0 Å². The summed E-state index contributed by atoms with van der Waals surface area (Å²) in [5, 5.41) is 6.45. The smallest absolute Gasteiger partial charge is 0.322 e. The van der Waals surface area contributed by atoms with Gasteiger partial charge in [0.05, 0.1) is 13.0 Å². The van der Waals surface area contributed by atoms with Crippen molar-refractivity contribution in [3.05, 3.63) is 22.4 Å². The van der Waals surface area contributed by atoms with Crippen LogP contribution < -0.4 is 10.6 Å². The average Bonchev–Trinajstić information content (AvgIpc) is 2.89. The molecule has 1 aliphatic heterocycles. The van der Waals surface area contributed by atoms with Crippen LogP contribution in [0.4, 0.5) is 4.79 Å². The molecule has 18 heavy (non-hydrogen) atoms. The lowest BCUT2D eigenvalue weighted by Crippen LogP contribution is -2.36. The number of hydrogen-bond donors (Lipinski definition) is 2. The van der Waals surface area contributed by atoms with E-state index in [9.17, 15) is 14.4 Å². The molecule has 1 atom stereocenters. The molecule has 0 unspecified atom stereocenters. The van der Waals surface area contributed by atoms with Crippen LogP contribution in [-0.2, 0) is 16.1 Å². The van der Waals surface area contributed by atoms with Crippen LogP contribution in [0.2, 0.25) is 0 Å². The third kappa shape index (κ3) is 2.86. The molecular formula is C11H13N3O3S. The van der Waals surface area contributed by atoms with E-state index in [0.29, 0.717) is 6.54 Å². The summed E-state index contributed by atoms with van der Waals surface area (Å²) in [7, 11) is 1.68. The van der Waals surface area contributed by atoms with Crippen LogP contribution in [0, 0.1) is 0 Å². The first-order valence-corrected chi connectivity index (χ1v) is 6.32. The predicted octanol–water partition coefficient (Wildman–Crippen LogP) is 0.305. The molecule has 0 aromatic carbocycles. The van der Waals surface area contributed by atoms with E-state index in [-0.39, 0.29) is 12.3 Å². The summed E-state index contributed by atoms with van der Waals surface area (Å²) in [6.07, 6.45) is -0.0144. The van der Waals surface area contributed by atoms with E-state index in [4.69, 9.17) is 0 Å². The number of urea groups is 1.